The monoisotopic (exact) mass is 436 g/mol. The van der Waals surface area contributed by atoms with E-state index in [4.69, 9.17) is 9.47 Å². The lowest BCUT2D eigenvalue weighted by molar-refractivity contribution is -0.120. The maximum absolute atomic E-state index is 11.9. The van der Waals surface area contributed by atoms with E-state index in [-0.39, 0.29) is 11.6 Å². The van der Waals surface area contributed by atoms with E-state index in [2.05, 4.69) is 0 Å². The third kappa shape index (κ3) is 3.90. The molecule has 2 aromatic carbocycles. The number of carboxylic acid groups (broad SMARTS) is 1. The number of carboxylic acids is 1. The van der Waals surface area contributed by atoms with Crippen LogP contribution in [0, 0.1) is 0 Å². The van der Waals surface area contributed by atoms with Gasteiger partial charge in [-0.1, -0.05) is 0 Å². The quantitative estimate of drug-likeness (QED) is 0.541. The number of aromatic carboxylic acids is 1. The van der Waals surface area contributed by atoms with E-state index in [1.54, 1.807) is 19.2 Å². The van der Waals surface area contributed by atoms with Gasteiger partial charge in [-0.2, -0.15) is 0 Å². The molecule has 0 aliphatic carbocycles. The first-order valence-electron chi connectivity index (χ1n) is 10.8. The van der Waals surface area contributed by atoms with E-state index < -0.39 is 5.97 Å². The molecule has 1 amide bonds. The fraction of sp³-hybridized carbons (Fsp3) is 0.360. The molecule has 1 aromatic heterocycles. The van der Waals surface area contributed by atoms with Crippen LogP contribution >= 0.6 is 0 Å². The Kier molecular flexibility index (Phi) is 6.08. The molecule has 0 fully saturated rings. The second-order valence-electron chi connectivity index (χ2n) is 8.08. The molecule has 32 heavy (non-hydrogen) atoms. The summed E-state index contributed by atoms with van der Waals surface area (Å²) < 4.78 is 13.3. The molecular weight excluding hydrogens is 408 g/mol. The summed E-state index contributed by atoms with van der Waals surface area (Å²) in [5, 5.41) is 10.3. The Balaban J connectivity index is 1.68. The van der Waals surface area contributed by atoms with Crippen LogP contribution in [0.2, 0.25) is 0 Å². The Bertz CT molecular complexity index is 1170. The van der Waals surface area contributed by atoms with Crippen molar-refractivity contribution < 1.29 is 24.2 Å². The van der Waals surface area contributed by atoms with Crippen LogP contribution in [-0.4, -0.2) is 47.2 Å². The molecular formula is C25H28N2O5. The Morgan fingerprint density at radius 3 is 2.75 bits per heavy atom. The molecule has 1 aliphatic heterocycles. The van der Waals surface area contributed by atoms with Crippen LogP contribution in [0.4, 0.5) is 0 Å². The molecule has 1 unspecified atom stereocenters. The predicted molar refractivity (Wildman–Crippen MR) is 122 cm³/mol. The number of fused-ring (bicyclic) bond motifs is 2. The number of aryl methyl sites for hydroxylation is 2. The fourth-order valence-electron chi connectivity index (χ4n) is 4.70. The molecule has 0 saturated heterocycles. The minimum atomic E-state index is -0.938. The van der Waals surface area contributed by atoms with Crippen molar-refractivity contribution in [2.45, 2.75) is 32.2 Å². The van der Waals surface area contributed by atoms with Crippen molar-refractivity contribution in [3.05, 3.63) is 58.8 Å². The number of hydrogen-bond donors (Lipinski definition) is 1. The van der Waals surface area contributed by atoms with Gasteiger partial charge in [0.15, 0.2) is 11.5 Å². The van der Waals surface area contributed by atoms with Crippen molar-refractivity contribution in [2.24, 2.45) is 7.05 Å². The summed E-state index contributed by atoms with van der Waals surface area (Å²) in [5.74, 6) is 0.453. The van der Waals surface area contributed by atoms with Crippen molar-refractivity contribution in [1.29, 1.82) is 0 Å². The van der Waals surface area contributed by atoms with Crippen LogP contribution in [0.15, 0.2) is 36.5 Å². The van der Waals surface area contributed by atoms with Crippen molar-refractivity contribution in [3.8, 4) is 11.5 Å². The van der Waals surface area contributed by atoms with Gasteiger partial charge in [0.1, 0.15) is 0 Å². The van der Waals surface area contributed by atoms with Crippen LogP contribution < -0.4 is 9.47 Å². The van der Waals surface area contributed by atoms with Gasteiger partial charge in [-0.05, 0) is 73.2 Å². The zero-order valence-electron chi connectivity index (χ0n) is 18.6. The zero-order chi connectivity index (χ0) is 22.8. The first-order chi connectivity index (χ1) is 15.5. The summed E-state index contributed by atoms with van der Waals surface area (Å²) in [5.41, 5.74) is 4.58. The smallest absolute Gasteiger partial charge is 0.335 e. The third-order valence-electron chi connectivity index (χ3n) is 6.27. The van der Waals surface area contributed by atoms with Gasteiger partial charge in [-0.25, -0.2) is 4.79 Å². The first kappa shape index (κ1) is 21.7. The van der Waals surface area contributed by atoms with Gasteiger partial charge in [-0.3, -0.25) is 4.79 Å². The number of ether oxygens (including phenoxy) is 2. The van der Waals surface area contributed by atoms with Crippen LogP contribution in [0.1, 0.15) is 46.4 Å². The number of hydrogen-bond acceptors (Lipinski definition) is 4. The molecule has 1 aliphatic rings. The first-order valence-corrected chi connectivity index (χ1v) is 10.8. The molecule has 1 atom stereocenters. The second-order valence-corrected chi connectivity index (χ2v) is 8.08. The average Bonchev–Trinajstić information content (AvgIpc) is 3.11. The highest BCUT2D eigenvalue weighted by molar-refractivity contribution is 5.95. The lowest BCUT2D eigenvalue weighted by Crippen LogP contribution is -2.34. The molecule has 3 aromatic rings. The minimum absolute atomic E-state index is 0.0840. The number of amides is 1. The second kappa shape index (κ2) is 8.94. The summed E-state index contributed by atoms with van der Waals surface area (Å²) >= 11 is 0. The molecule has 7 nitrogen and oxygen atoms in total. The third-order valence-corrected chi connectivity index (χ3v) is 6.27. The number of aromatic nitrogens is 1. The van der Waals surface area contributed by atoms with Crippen LogP contribution in [0.25, 0.3) is 10.9 Å². The SMILES string of the molecule is CCOc1cc2c(cc1OC)CCN(C=O)C2CCc1cn(C)c2ccc(C(=O)O)cc12. The molecule has 0 saturated carbocycles. The van der Waals surface area contributed by atoms with Crippen LogP contribution in [-0.2, 0) is 24.7 Å². The lowest BCUT2D eigenvalue weighted by Gasteiger charge is -2.35. The molecule has 4 rings (SSSR count). The maximum Gasteiger partial charge on any atom is 0.335 e. The van der Waals surface area contributed by atoms with E-state index in [1.807, 2.05) is 47.8 Å². The highest BCUT2D eigenvalue weighted by Crippen LogP contribution is 2.40. The standard InChI is InChI=1S/C25H28N2O5/c1-4-32-24-13-20-16(12-23(24)31-3)9-10-27(15-28)22(20)8-6-18-14-26(2)21-7-5-17(25(29)30)11-19(18)21/h5,7,11-15,22H,4,6,8-10H2,1-3H3,(H,29,30). The minimum Gasteiger partial charge on any atom is -0.493 e. The predicted octanol–water partition coefficient (Wildman–Crippen LogP) is 3.97. The maximum atomic E-state index is 11.9. The van der Waals surface area contributed by atoms with Gasteiger partial charge in [0.25, 0.3) is 0 Å². The molecule has 7 heteroatoms. The van der Waals surface area contributed by atoms with Crippen LogP contribution in [0.5, 0.6) is 11.5 Å². The average molecular weight is 437 g/mol. The van der Waals surface area contributed by atoms with Gasteiger partial charge in [0.2, 0.25) is 6.41 Å². The summed E-state index contributed by atoms with van der Waals surface area (Å²) in [6.45, 7) is 3.11. The summed E-state index contributed by atoms with van der Waals surface area (Å²) in [7, 11) is 3.59. The Morgan fingerprint density at radius 1 is 1.25 bits per heavy atom. The normalized spacial score (nSPS) is 15.5. The van der Waals surface area contributed by atoms with E-state index in [0.717, 1.165) is 41.3 Å². The summed E-state index contributed by atoms with van der Waals surface area (Å²) in [6, 6.07) is 9.14. The Morgan fingerprint density at radius 2 is 2.06 bits per heavy atom. The van der Waals surface area contributed by atoms with E-state index >= 15 is 0 Å². The van der Waals surface area contributed by atoms with Crippen molar-refractivity contribution >= 4 is 23.3 Å². The number of rotatable bonds is 8. The lowest BCUT2D eigenvalue weighted by atomic mass is 9.88. The van der Waals surface area contributed by atoms with E-state index in [1.165, 1.54) is 5.56 Å². The van der Waals surface area contributed by atoms with Crippen molar-refractivity contribution in [1.82, 2.24) is 9.47 Å². The van der Waals surface area contributed by atoms with Crippen molar-refractivity contribution in [2.75, 3.05) is 20.3 Å². The van der Waals surface area contributed by atoms with Crippen molar-refractivity contribution in [3.63, 3.8) is 0 Å². The van der Waals surface area contributed by atoms with Gasteiger partial charge < -0.3 is 24.0 Å². The zero-order valence-corrected chi connectivity index (χ0v) is 18.6. The molecule has 168 valence electrons. The largest absolute Gasteiger partial charge is 0.493 e. The van der Waals surface area contributed by atoms with E-state index in [9.17, 15) is 14.7 Å². The van der Waals surface area contributed by atoms with Gasteiger partial charge in [-0.15, -0.1) is 0 Å². The van der Waals surface area contributed by atoms with Gasteiger partial charge in [0.05, 0.1) is 25.3 Å². The highest BCUT2D eigenvalue weighted by atomic mass is 16.5. The Hall–Kier alpha value is -3.48. The molecule has 2 heterocycles. The summed E-state index contributed by atoms with van der Waals surface area (Å²) in [4.78, 5) is 25.2. The molecule has 0 radical (unpaired) electrons. The van der Waals surface area contributed by atoms with Crippen LogP contribution in [0.3, 0.4) is 0 Å². The van der Waals surface area contributed by atoms with E-state index in [0.29, 0.717) is 31.1 Å². The number of carbonyl (C=O) groups excluding carboxylic acids is 1. The summed E-state index contributed by atoms with van der Waals surface area (Å²) in [6.07, 6.45) is 5.17. The number of nitrogens with zero attached hydrogens (tertiary/aromatic N) is 2. The van der Waals surface area contributed by atoms with Gasteiger partial charge in [0, 0.05) is 30.7 Å². The topological polar surface area (TPSA) is 81.0 Å². The fourth-order valence-corrected chi connectivity index (χ4v) is 4.70. The highest BCUT2D eigenvalue weighted by Gasteiger charge is 2.28. The Labute approximate surface area is 187 Å². The molecule has 0 spiro atoms. The number of benzene rings is 2. The number of methoxy groups -OCH3 is 1. The number of carbonyl (C=O) groups is 2. The molecule has 0 bridgehead atoms. The van der Waals surface area contributed by atoms with Gasteiger partial charge >= 0.3 is 5.97 Å². The molecule has 1 N–H and O–H groups in total.